The molecule has 0 fully saturated rings. The fourth-order valence-corrected chi connectivity index (χ4v) is 4.24. The SMILES string of the molecule is COP(=O)(OC)C(Nc1ccccc1)c1cccs1. The molecule has 0 spiro atoms. The van der Waals surface area contributed by atoms with Gasteiger partial charge < -0.3 is 14.4 Å². The van der Waals surface area contributed by atoms with Crippen molar-refractivity contribution in [3.8, 4) is 0 Å². The number of nitrogens with one attached hydrogen (secondary N) is 1. The van der Waals surface area contributed by atoms with Gasteiger partial charge in [-0.05, 0) is 23.6 Å². The first-order valence-electron chi connectivity index (χ1n) is 5.76. The molecule has 4 nitrogen and oxygen atoms in total. The third-order valence-electron chi connectivity index (χ3n) is 2.72. The molecule has 6 heteroatoms. The van der Waals surface area contributed by atoms with Gasteiger partial charge in [0.2, 0.25) is 0 Å². The molecule has 1 N–H and O–H groups in total. The van der Waals surface area contributed by atoms with Gasteiger partial charge in [0.25, 0.3) is 0 Å². The Balaban J connectivity index is 2.33. The van der Waals surface area contributed by atoms with Crippen molar-refractivity contribution in [1.82, 2.24) is 0 Å². The minimum Gasteiger partial charge on any atom is -0.367 e. The van der Waals surface area contributed by atoms with E-state index < -0.39 is 13.4 Å². The van der Waals surface area contributed by atoms with Crippen molar-refractivity contribution in [3.05, 3.63) is 52.7 Å². The number of thiophene rings is 1. The van der Waals surface area contributed by atoms with E-state index in [0.29, 0.717) is 0 Å². The van der Waals surface area contributed by atoms with Crippen molar-refractivity contribution < 1.29 is 13.6 Å². The van der Waals surface area contributed by atoms with Gasteiger partial charge in [-0.3, -0.25) is 4.57 Å². The highest BCUT2D eigenvalue weighted by atomic mass is 32.1. The zero-order valence-corrected chi connectivity index (χ0v) is 12.5. The minimum absolute atomic E-state index is 0.509. The molecule has 0 saturated carbocycles. The molecule has 0 bridgehead atoms. The largest absolute Gasteiger partial charge is 0.367 e. The summed E-state index contributed by atoms with van der Waals surface area (Å²) in [5, 5.41) is 5.16. The van der Waals surface area contributed by atoms with Crippen LogP contribution in [0.15, 0.2) is 47.8 Å². The van der Waals surface area contributed by atoms with E-state index in [1.807, 2.05) is 47.8 Å². The van der Waals surface area contributed by atoms with Crippen molar-refractivity contribution in [2.75, 3.05) is 19.5 Å². The molecule has 1 unspecified atom stereocenters. The number of hydrogen-bond acceptors (Lipinski definition) is 5. The summed E-state index contributed by atoms with van der Waals surface area (Å²) in [6, 6.07) is 13.4. The number of anilines is 1. The standard InChI is InChI=1S/C13H16NO3PS/c1-16-18(15,17-2)13(12-9-6-10-19-12)14-11-7-4-3-5-8-11/h3-10,13-14H,1-2H3. The molecule has 0 aliphatic carbocycles. The molecule has 2 aromatic rings. The van der Waals surface area contributed by atoms with E-state index in [4.69, 9.17) is 9.05 Å². The molecule has 1 atom stereocenters. The lowest BCUT2D eigenvalue weighted by Crippen LogP contribution is -2.12. The quantitative estimate of drug-likeness (QED) is 0.805. The number of hydrogen-bond donors (Lipinski definition) is 1. The zero-order valence-electron chi connectivity index (χ0n) is 10.8. The Labute approximate surface area is 116 Å². The summed E-state index contributed by atoms with van der Waals surface area (Å²) < 4.78 is 22.9. The molecule has 0 aliphatic rings. The van der Waals surface area contributed by atoms with E-state index in [0.717, 1.165) is 10.6 Å². The van der Waals surface area contributed by atoms with Gasteiger partial charge in [-0.25, -0.2) is 0 Å². The van der Waals surface area contributed by atoms with E-state index in [9.17, 15) is 4.57 Å². The summed E-state index contributed by atoms with van der Waals surface area (Å²) in [5.41, 5.74) is 0.871. The monoisotopic (exact) mass is 297 g/mol. The van der Waals surface area contributed by atoms with E-state index >= 15 is 0 Å². The molecular weight excluding hydrogens is 281 g/mol. The first-order chi connectivity index (χ1) is 9.19. The van der Waals surface area contributed by atoms with E-state index in [1.165, 1.54) is 25.6 Å². The van der Waals surface area contributed by atoms with Crippen LogP contribution in [0.4, 0.5) is 5.69 Å². The Morgan fingerprint density at radius 2 is 1.79 bits per heavy atom. The molecule has 19 heavy (non-hydrogen) atoms. The van der Waals surface area contributed by atoms with Crippen LogP contribution in [0.2, 0.25) is 0 Å². The van der Waals surface area contributed by atoms with Gasteiger partial charge in [-0.1, -0.05) is 24.3 Å². The highest BCUT2D eigenvalue weighted by molar-refractivity contribution is 7.54. The van der Waals surface area contributed by atoms with Gasteiger partial charge in [0.1, 0.15) is 0 Å². The van der Waals surface area contributed by atoms with E-state index in [2.05, 4.69) is 5.32 Å². The lowest BCUT2D eigenvalue weighted by Gasteiger charge is -2.25. The molecule has 0 amide bonds. The average Bonchev–Trinajstić information content (AvgIpc) is 2.99. The van der Waals surface area contributed by atoms with Crippen LogP contribution >= 0.6 is 18.9 Å². The third kappa shape index (κ3) is 3.25. The first kappa shape index (κ1) is 14.3. The fraction of sp³-hybridized carbons (Fsp3) is 0.231. The summed E-state index contributed by atoms with van der Waals surface area (Å²) in [6.07, 6.45) is 0. The van der Waals surface area contributed by atoms with Gasteiger partial charge in [0.15, 0.2) is 5.78 Å². The number of benzene rings is 1. The second-order valence-electron chi connectivity index (χ2n) is 3.83. The molecule has 102 valence electrons. The topological polar surface area (TPSA) is 47.6 Å². The summed E-state index contributed by atoms with van der Waals surface area (Å²) >= 11 is 1.51. The molecule has 2 rings (SSSR count). The number of rotatable bonds is 6. The predicted octanol–water partition coefficient (Wildman–Crippen LogP) is 4.34. The lowest BCUT2D eigenvalue weighted by atomic mass is 10.3. The van der Waals surface area contributed by atoms with Gasteiger partial charge in [0.05, 0.1) is 0 Å². The van der Waals surface area contributed by atoms with Crippen LogP contribution < -0.4 is 5.32 Å². The maximum atomic E-state index is 12.7. The van der Waals surface area contributed by atoms with E-state index in [1.54, 1.807) is 0 Å². The van der Waals surface area contributed by atoms with Gasteiger partial charge >= 0.3 is 7.60 Å². The zero-order chi connectivity index (χ0) is 13.7. The maximum Gasteiger partial charge on any atom is 0.357 e. The second-order valence-corrected chi connectivity index (χ2v) is 7.14. The molecule has 0 saturated heterocycles. The van der Waals surface area contributed by atoms with Crippen molar-refractivity contribution >= 4 is 24.6 Å². The van der Waals surface area contributed by atoms with Crippen LogP contribution in [0.3, 0.4) is 0 Å². The van der Waals surface area contributed by atoms with Crippen LogP contribution in [-0.4, -0.2) is 14.2 Å². The highest BCUT2D eigenvalue weighted by Crippen LogP contribution is 2.60. The molecule has 1 aromatic carbocycles. The van der Waals surface area contributed by atoms with Crippen molar-refractivity contribution in [2.24, 2.45) is 0 Å². The highest BCUT2D eigenvalue weighted by Gasteiger charge is 2.36. The Kier molecular flexibility index (Phi) is 4.77. The molecule has 1 heterocycles. The van der Waals surface area contributed by atoms with Crippen molar-refractivity contribution in [3.63, 3.8) is 0 Å². The van der Waals surface area contributed by atoms with Crippen LogP contribution in [0.1, 0.15) is 10.7 Å². The van der Waals surface area contributed by atoms with Crippen LogP contribution in [0.5, 0.6) is 0 Å². The summed E-state index contributed by atoms with van der Waals surface area (Å²) in [6.45, 7) is 0. The summed E-state index contributed by atoms with van der Waals surface area (Å²) in [5.74, 6) is -0.509. The molecular formula is C13H16NO3PS. The van der Waals surface area contributed by atoms with Crippen LogP contribution in [-0.2, 0) is 13.6 Å². The second kappa shape index (κ2) is 6.35. The van der Waals surface area contributed by atoms with Crippen LogP contribution in [0.25, 0.3) is 0 Å². The maximum absolute atomic E-state index is 12.7. The predicted molar refractivity (Wildman–Crippen MR) is 78.7 cm³/mol. The number of para-hydroxylation sites is 1. The smallest absolute Gasteiger partial charge is 0.357 e. The van der Waals surface area contributed by atoms with E-state index in [-0.39, 0.29) is 0 Å². The molecule has 0 aliphatic heterocycles. The molecule has 1 aromatic heterocycles. The Morgan fingerprint density at radius 1 is 1.11 bits per heavy atom. The fourth-order valence-electron chi connectivity index (χ4n) is 1.73. The first-order valence-corrected chi connectivity index (χ1v) is 8.25. The van der Waals surface area contributed by atoms with Crippen LogP contribution in [0, 0.1) is 0 Å². The van der Waals surface area contributed by atoms with Gasteiger partial charge in [-0.2, -0.15) is 0 Å². The average molecular weight is 297 g/mol. The van der Waals surface area contributed by atoms with Crippen molar-refractivity contribution in [2.45, 2.75) is 5.78 Å². The summed E-state index contributed by atoms with van der Waals surface area (Å²) in [7, 11) is -0.445. The normalized spacial score (nSPS) is 13.2. The van der Waals surface area contributed by atoms with Gasteiger partial charge in [-0.15, -0.1) is 11.3 Å². The van der Waals surface area contributed by atoms with Gasteiger partial charge in [0, 0.05) is 24.8 Å². The summed E-state index contributed by atoms with van der Waals surface area (Å²) in [4.78, 5) is 0.913. The Bertz CT molecular complexity index is 536. The van der Waals surface area contributed by atoms with Crippen molar-refractivity contribution in [1.29, 1.82) is 0 Å². The molecule has 0 radical (unpaired) electrons. The minimum atomic E-state index is -3.25. The Morgan fingerprint density at radius 3 is 2.32 bits per heavy atom. The lowest BCUT2D eigenvalue weighted by molar-refractivity contribution is 0.269. The third-order valence-corrected chi connectivity index (χ3v) is 5.88. The Hall–Kier alpha value is -1.13.